The number of aliphatic hydroxyl groups excluding tert-OH is 1. The van der Waals surface area contributed by atoms with Crippen LogP contribution in [0.2, 0.25) is 0 Å². The van der Waals surface area contributed by atoms with Crippen molar-refractivity contribution < 1.29 is 23.4 Å². The third-order valence-electron chi connectivity index (χ3n) is 5.58. The summed E-state index contributed by atoms with van der Waals surface area (Å²) >= 11 is 0. The van der Waals surface area contributed by atoms with Crippen LogP contribution in [0.4, 0.5) is 8.78 Å². The first-order valence-corrected chi connectivity index (χ1v) is 10.7. The van der Waals surface area contributed by atoms with Crippen LogP contribution in [0, 0.1) is 11.6 Å². The molecule has 0 aliphatic rings. The predicted octanol–water partition coefficient (Wildman–Crippen LogP) is 6.69. The number of aliphatic hydroxyl groups is 1. The van der Waals surface area contributed by atoms with Crippen molar-refractivity contribution in [2.24, 2.45) is 0 Å². The van der Waals surface area contributed by atoms with Gasteiger partial charge in [0.05, 0.1) is 6.61 Å². The highest BCUT2D eigenvalue weighted by molar-refractivity contribution is 5.81. The van der Waals surface area contributed by atoms with E-state index in [2.05, 4.69) is 6.58 Å². The van der Waals surface area contributed by atoms with E-state index in [9.17, 15) is 14.3 Å². The van der Waals surface area contributed by atoms with E-state index < -0.39 is 17.6 Å². The van der Waals surface area contributed by atoms with Gasteiger partial charge >= 0.3 is 5.97 Å². The Morgan fingerprint density at radius 3 is 1.97 bits per heavy atom. The van der Waals surface area contributed by atoms with Crippen LogP contribution in [0.3, 0.4) is 0 Å². The van der Waals surface area contributed by atoms with Gasteiger partial charge in [0.1, 0.15) is 18.2 Å². The van der Waals surface area contributed by atoms with Crippen LogP contribution >= 0.6 is 0 Å². The Balaban J connectivity index is 1.64. The summed E-state index contributed by atoms with van der Waals surface area (Å²) in [7, 11) is 0. The smallest absolute Gasteiger partial charge is 0.330 e. The summed E-state index contributed by atoms with van der Waals surface area (Å²) in [5.74, 6) is -1.55. The Morgan fingerprint density at radius 1 is 0.765 bits per heavy atom. The van der Waals surface area contributed by atoms with Gasteiger partial charge in [-0.2, -0.15) is 0 Å². The number of ether oxygens (including phenoxy) is 1. The molecule has 0 aliphatic heterocycles. The molecule has 0 aliphatic carbocycles. The molecular weight excluding hydrogens is 434 g/mol. The number of esters is 1. The minimum atomic E-state index is -0.592. The molecule has 1 N–H and O–H groups in total. The highest BCUT2D eigenvalue weighted by Gasteiger charge is 2.13. The van der Waals surface area contributed by atoms with Crippen molar-refractivity contribution in [2.75, 3.05) is 0 Å². The number of carbonyl (C=O) groups excluding carboxylic acids is 1. The largest absolute Gasteiger partial charge is 0.458 e. The van der Waals surface area contributed by atoms with Crippen molar-refractivity contribution in [3.05, 3.63) is 120 Å². The number of hydrogen-bond donors (Lipinski definition) is 1. The molecule has 3 nitrogen and oxygen atoms in total. The second-order valence-electron chi connectivity index (χ2n) is 7.71. The Morgan fingerprint density at radius 2 is 1.35 bits per heavy atom. The highest BCUT2D eigenvalue weighted by Crippen LogP contribution is 2.32. The predicted molar refractivity (Wildman–Crippen MR) is 129 cm³/mol. The molecule has 170 valence electrons. The van der Waals surface area contributed by atoms with Crippen LogP contribution in [0.25, 0.3) is 33.4 Å². The quantitative estimate of drug-likeness (QED) is 0.249. The zero-order chi connectivity index (χ0) is 24.1. The Hall–Kier alpha value is -4.09. The highest BCUT2D eigenvalue weighted by atomic mass is 19.1. The lowest BCUT2D eigenvalue weighted by atomic mass is 9.95. The average Bonchev–Trinajstić information content (AvgIpc) is 2.87. The standard InChI is InChI=1S/C29H22F2O3/c1-2-29(33)34-18-24-14-21(8-9-23(24)17-32)25-13-11-22(16-28(25)31)26-12-10-20(15-27(26)30)19-6-4-3-5-7-19/h2-16,32H,1,17-18H2. The molecule has 0 saturated carbocycles. The summed E-state index contributed by atoms with van der Waals surface area (Å²) in [5.41, 5.74) is 4.35. The van der Waals surface area contributed by atoms with Crippen LogP contribution in [-0.2, 0) is 22.7 Å². The first-order chi connectivity index (χ1) is 16.5. The number of halogens is 2. The Kier molecular flexibility index (Phi) is 6.95. The molecule has 0 amide bonds. The van der Waals surface area contributed by atoms with Crippen LogP contribution in [-0.4, -0.2) is 11.1 Å². The van der Waals surface area contributed by atoms with Crippen molar-refractivity contribution in [3.8, 4) is 33.4 Å². The molecule has 0 saturated heterocycles. The molecule has 4 aromatic rings. The Labute approximate surface area is 196 Å². The van der Waals surface area contributed by atoms with Crippen molar-refractivity contribution in [2.45, 2.75) is 13.2 Å². The summed E-state index contributed by atoms with van der Waals surface area (Å²) < 4.78 is 35.1. The average molecular weight is 456 g/mol. The van der Waals surface area contributed by atoms with Gasteiger partial charge in [-0.1, -0.05) is 73.3 Å². The van der Waals surface area contributed by atoms with Crippen molar-refractivity contribution in [1.29, 1.82) is 0 Å². The lowest BCUT2D eigenvalue weighted by molar-refractivity contribution is -0.139. The lowest BCUT2D eigenvalue weighted by Gasteiger charge is -2.12. The van der Waals surface area contributed by atoms with Gasteiger partial charge in [0.15, 0.2) is 0 Å². The molecule has 0 aromatic heterocycles. The van der Waals surface area contributed by atoms with Crippen molar-refractivity contribution in [3.63, 3.8) is 0 Å². The normalized spacial score (nSPS) is 10.7. The summed E-state index contributed by atoms with van der Waals surface area (Å²) in [6.45, 7) is 3.03. The third-order valence-corrected chi connectivity index (χ3v) is 5.58. The number of carbonyl (C=O) groups is 1. The SMILES string of the molecule is C=CC(=O)OCc1cc(-c2ccc(-c3ccc(-c4ccccc4)cc3F)cc2F)ccc1CO. The van der Waals surface area contributed by atoms with E-state index in [1.807, 2.05) is 36.4 Å². The minimum absolute atomic E-state index is 0.0761. The zero-order valence-corrected chi connectivity index (χ0v) is 18.3. The van der Waals surface area contributed by atoms with Gasteiger partial charge in [-0.25, -0.2) is 13.6 Å². The van der Waals surface area contributed by atoms with E-state index in [1.54, 1.807) is 36.4 Å². The molecule has 0 bridgehead atoms. The lowest BCUT2D eigenvalue weighted by Crippen LogP contribution is -2.03. The van der Waals surface area contributed by atoms with Gasteiger partial charge in [-0.15, -0.1) is 0 Å². The van der Waals surface area contributed by atoms with Gasteiger partial charge in [0.25, 0.3) is 0 Å². The maximum Gasteiger partial charge on any atom is 0.330 e. The van der Waals surface area contributed by atoms with E-state index in [-0.39, 0.29) is 13.2 Å². The molecule has 0 spiro atoms. The monoisotopic (exact) mass is 456 g/mol. The first kappa shape index (κ1) is 23.1. The van der Waals surface area contributed by atoms with Crippen LogP contribution in [0.15, 0.2) is 97.6 Å². The van der Waals surface area contributed by atoms with Gasteiger partial charge in [-0.3, -0.25) is 0 Å². The molecule has 34 heavy (non-hydrogen) atoms. The molecule has 4 rings (SSSR count). The summed E-state index contributed by atoms with van der Waals surface area (Å²) in [6, 6.07) is 23.9. The minimum Gasteiger partial charge on any atom is -0.458 e. The topological polar surface area (TPSA) is 46.5 Å². The summed E-state index contributed by atoms with van der Waals surface area (Å²) in [6.07, 6.45) is 1.05. The fourth-order valence-electron chi connectivity index (χ4n) is 3.77. The van der Waals surface area contributed by atoms with Gasteiger partial charge in [0.2, 0.25) is 0 Å². The van der Waals surface area contributed by atoms with Crippen molar-refractivity contribution >= 4 is 5.97 Å². The van der Waals surface area contributed by atoms with E-state index in [0.29, 0.717) is 33.4 Å². The zero-order valence-electron chi connectivity index (χ0n) is 18.3. The molecule has 0 radical (unpaired) electrons. The van der Waals surface area contributed by atoms with Crippen LogP contribution < -0.4 is 0 Å². The van der Waals surface area contributed by atoms with Crippen LogP contribution in [0.1, 0.15) is 11.1 Å². The fourth-order valence-corrected chi connectivity index (χ4v) is 3.77. The maximum absolute atomic E-state index is 15.1. The van der Waals surface area contributed by atoms with Crippen molar-refractivity contribution in [1.82, 2.24) is 0 Å². The molecule has 4 aromatic carbocycles. The maximum atomic E-state index is 15.1. The second kappa shape index (κ2) is 10.2. The first-order valence-electron chi connectivity index (χ1n) is 10.7. The number of benzene rings is 4. The summed E-state index contributed by atoms with van der Waals surface area (Å²) in [4.78, 5) is 11.4. The molecule has 0 unspecified atom stereocenters. The van der Waals surface area contributed by atoms with Gasteiger partial charge in [0, 0.05) is 17.2 Å². The van der Waals surface area contributed by atoms with E-state index >= 15 is 4.39 Å². The van der Waals surface area contributed by atoms with E-state index in [4.69, 9.17) is 4.74 Å². The molecule has 5 heteroatoms. The molecular formula is C29H22F2O3. The second-order valence-corrected chi connectivity index (χ2v) is 7.71. The molecule has 0 heterocycles. The van der Waals surface area contributed by atoms with E-state index in [0.717, 1.165) is 17.2 Å². The Bertz CT molecular complexity index is 1350. The van der Waals surface area contributed by atoms with E-state index in [1.165, 1.54) is 12.1 Å². The van der Waals surface area contributed by atoms with Crippen LogP contribution in [0.5, 0.6) is 0 Å². The molecule has 0 fully saturated rings. The number of rotatable bonds is 7. The number of hydrogen-bond acceptors (Lipinski definition) is 3. The fraction of sp³-hybridized carbons (Fsp3) is 0.0690. The van der Waals surface area contributed by atoms with Gasteiger partial charge < -0.3 is 9.84 Å². The molecule has 0 atom stereocenters. The third kappa shape index (κ3) is 4.95. The van der Waals surface area contributed by atoms with Gasteiger partial charge in [-0.05, 0) is 51.6 Å². The summed E-state index contributed by atoms with van der Waals surface area (Å²) in [5, 5.41) is 9.57.